The van der Waals surface area contributed by atoms with E-state index in [2.05, 4.69) is 59.6 Å². The van der Waals surface area contributed by atoms with Gasteiger partial charge in [0.2, 0.25) is 0 Å². The summed E-state index contributed by atoms with van der Waals surface area (Å²) >= 11 is 0. The molecule has 1 aromatic heterocycles. The molecule has 0 unspecified atom stereocenters. The third kappa shape index (κ3) is 4.07. The van der Waals surface area contributed by atoms with Gasteiger partial charge in [-0.3, -0.25) is 4.98 Å². The van der Waals surface area contributed by atoms with Gasteiger partial charge in [-0.15, -0.1) is 0 Å². The zero-order chi connectivity index (χ0) is 22.0. The number of pyridine rings is 1. The summed E-state index contributed by atoms with van der Waals surface area (Å²) < 4.78 is 18.1. The number of hydrogen-bond donors (Lipinski definition) is 0. The summed E-state index contributed by atoms with van der Waals surface area (Å²) in [6, 6.07) is 32.9. The summed E-state index contributed by atoms with van der Waals surface area (Å²) in [5.41, 5.74) is 6.45. The first-order chi connectivity index (χ1) is 15.6. The van der Waals surface area contributed by atoms with Crippen LogP contribution in [0.2, 0.25) is 0 Å². The van der Waals surface area contributed by atoms with Gasteiger partial charge >= 0.3 is 0 Å². The van der Waals surface area contributed by atoms with Crippen molar-refractivity contribution in [2.75, 3.05) is 0 Å². The number of benzene rings is 3. The van der Waals surface area contributed by atoms with E-state index in [0.29, 0.717) is 25.7 Å². The van der Waals surface area contributed by atoms with Gasteiger partial charge in [-0.1, -0.05) is 84.9 Å². The van der Waals surface area contributed by atoms with Crippen LogP contribution in [-0.2, 0) is 0 Å². The minimum Gasteiger partial charge on any atom is -0.256 e. The van der Waals surface area contributed by atoms with Crippen LogP contribution in [-0.4, -0.2) is 4.98 Å². The second kappa shape index (κ2) is 8.67. The van der Waals surface area contributed by atoms with E-state index in [-0.39, 0.29) is 0 Å². The smallest absolute Gasteiger partial charge is 0.0708 e. The molecule has 0 amide bonds. The molecule has 0 radical (unpaired) electrons. The zero-order valence-electron chi connectivity index (χ0n) is 19.1. The Balaban J connectivity index is 1.34. The van der Waals surface area contributed by atoms with E-state index in [4.69, 9.17) is 2.74 Å². The molecule has 1 fully saturated rings. The molecule has 0 saturated heterocycles. The first-order valence-electron chi connectivity index (χ1n) is 11.7. The molecule has 148 valence electrons. The molecule has 0 N–H and O–H groups in total. The predicted molar refractivity (Wildman–Crippen MR) is 126 cm³/mol. The number of aromatic nitrogens is 1. The monoisotopic (exact) mass is 391 g/mol. The Morgan fingerprint density at radius 1 is 0.567 bits per heavy atom. The molecule has 0 aliphatic heterocycles. The molecule has 1 aliphatic carbocycles. The van der Waals surface area contributed by atoms with Crippen LogP contribution < -0.4 is 0 Å². The van der Waals surface area contributed by atoms with E-state index in [1.165, 1.54) is 0 Å². The molecule has 5 rings (SSSR count). The largest absolute Gasteiger partial charge is 0.256 e. The van der Waals surface area contributed by atoms with Gasteiger partial charge in [0.05, 0.1) is 5.69 Å². The van der Waals surface area contributed by atoms with Crippen molar-refractivity contribution in [3.8, 4) is 22.4 Å². The molecular weight excluding hydrogens is 362 g/mol. The van der Waals surface area contributed by atoms with E-state index >= 15 is 0 Å². The lowest BCUT2D eigenvalue weighted by molar-refractivity contribution is 0.396. The summed E-state index contributed by atoms with van der Waals surface area (Å²) in [5.74, 6) is -1.19. The molecular formula is C29H27N. The maximum atomic E-state index is 9.13. The topological polar surface area (TPSA) is 12.9 Å². The maximum absolute atomic E-state index is 9.13. The SMILES string of the molecule is [2H]C1(c2ccccc2)CCC([2H])(c2ccc(-c3ccnc(-c4ccccc4)c3)cc2)CC1. The molecule has 0 bridgehead atoms. The van der Waals surface area contributed by atoms with Crippen LogP contribution in [0.5, 0.6) is 0 Å². The van der Waals surface area contributed by atoms with Crippen molar-refractivity contribution in [2.24, 2.45) is 0 Å². The summed E-state index contributed by atoms with van der Waals surface area (Å²) in [4.78, 5) is 4.53. The average molecular weight is 392 g/mol. The minimum absolute atomic E-state index is 0.573. The third-order valence-electron chi connectivity index (χ3n) is 6.10. The quantitative estimate of drug-likeness (QED) is 0.345. The fraction of sp³-hybridized carbons (Fsp3) is 0.207. The molecule has 4 aromatic rings. The average Bonchev–Trinajstić information content (AvgIpc) is 2.87. The summed E-state index contributed by atoms with van der Waals surface area (Å²) in [5, 5.41) is 0. The van der Waals surface area contributed by atoms with Gasteiger partial charge in [-0.2, -0.15) is 0 Å². The molecule has 0 atom stereocenters. The van der Waals surface area contributed by atoms with Gasteiger partial charge in [0.25, 0.3) is 0 Å². The highest BCUT2D eigenvalue weighted by molar-refractivity contribution is 5.70. The van der Waals surface area contributed by atoms with E-state index in [9.17, 15) is 0 Å². The van der Waals surface area contributed by atoms with Crippen molar-refractivity contribution < 1.29 is 2.74 Å². The van der Waals surface area contributed by atoms with E-state index in [1.807, 2.05) is 48.7 Å². The van der Waals surface area contributed by atoms with Crippen LogP contribution in [0.25, 0.3) is 22.4 Å². The number of rotatable bonds is 4. The highest BCUT2D eigenvalue weighted by Gasteiger charge is 2.23. The van der Waals surface area contributed by atoms with E-state index in [1.54, 1.807) is 0 Å². The van der Waals surface area contributed by atoms with Crippen molar-refractivity contribution in [1.29, 1.82) is 0 Å². The first kappa shape index (κ1) is 16.6. The van der Waals surface area contributed by atoms with Crippen molar-refractivity contribution in [3.05, 3.63) is 114 Å². The Morgan fingerprint density at radius 2 is 1.13 bits per heavy atom. The predicted octanol–water partition coefficient (Wildman–Crippen LogP) is 7.86. The molecule has 1 aliphatic rings. The van der Waals surface area contributed by atoms with Gasteiger partial charge in [-0.05, 0) is 71.9 Å². The van der Waals surface area contributed by atoms with Crippen molar-refractivity contribution >= 4 is 0 Å². The molecule has 30 heavy (non-hydrogen) atoms. The van der Waals surface area contributed by atoms with Gasteiger partial charge in [0.1, 0.15) is 0 Å². The van der Waals surface area contributed by atoms with Crippen LogP contribution in [0.4, 0.5) is 0 Å². The van der Waals surface area contributed by atoms with Crippen LogP contribution >= 0.6 is 0 Å². The third-order valence-corrected chi connectivity index (χ3v) is 6.10. The number of hydrogen-bond acceptors (Lipinski definition) is 1. The maximum Gasteiger partial charge on any atom is 0.0708 e. The Bertz CT molecular complexity index is 1180. The zero-order valence-corrected chi connectivity index (χ0v) is 17.1. The van der Waals surface area contributed by atoms with Crippen LogP contribution in [0.3, 0.4) is 0 Å². The molecule has 0 spiro atoms. The lowest BCUT2D eigenvalue weighted by Crippen LogP contribution is -2.12. The van der Waals surface area contributed by atoms with Gasteiger partial charge in [0.15, 0.2) is 0 Å². The van der Waals surface area contributed by atoms with Crippen LogP contribution in [0.15, 0.2) is 103 Å². The van der Waals surface area contributed by atoms with Crippen LogP contribution in [0.1, 0.15) is 51.3 Å². The Kier molecular flexibility index (Phi) is 4.79. The Hall–Kier alpha value is -3.19. The molecule has 1 nitrogen and oxygen atoms in total. The van der Waals surface area contributed by atoms with E-state index in [0.717, 1.165) is 33.5 Å². The number of nitrogens with zero attached hydrogens (tertiary/aromatic N) is 1. The highest BCUT2D eigenvalue weighted by atomic mass is 14.7. The second-order valence-corrected chi connectivity index (χ2v) is 7.95. The van der Waals surface area contributed by atoms with Crippen LogP contribution in [0, 0.1) is 0 Å². The van der Waals surface area contributed by atoms with Crippen molar-refractivity contribution in [1.82, 2.24) is 4.98 Å². The minimum atomic E-state index is -0.620. The van der Waals surface area contributed by atoms with Crippen molar-refractivity contribution in [2.45, 2.75) is 37.5 Å². The Labute approximate surface area is 182 Å². The molecule has 3 aromatic carbocycles. The summed E-state index contributed by atoms with van der Waals surface area (Å²) in [7, 11) is 0. The lowest BCUT2D eigenvalue weighted by Gasteiger charge is -2.29. The van der Waals surface area contributed by atoms with Gasteiger partial charge in [0, 0.05) is 14.5 Å². The molecule has 1 heteroatoms. The second-order valence-electron chi connectivity index (χ2n) is 7.95. The van der Waals surface area contributed by atoms with Crippen molar-refractivity contribution in [3.63, 3.8) is 0 Å². The molecule has 1 heterocycles. The normalized spacial score (nSPS) is 24.7. The van der Waals surface area contributed by atoms with Gasteiger partial charge in [-0.25, -0.2) is 0 Å². The molecule has 1 saturated carbocycles. The standard InChI is InChI=1S/C29H27N/c1-3-7-22(8-4-1)23-11-13-24(14-12-23)25-15-17-26(18-16-25)28-19-20-30-29(21-28)27-9-5-2-6-10-27/h1-10,15-21,23-24H,11-14H2/i23D,24D. The fourth-order valence-corrected chi connectivity index (χ4v) is 4.38. The van der Waals surface area contributed by atoms with E-state index < -0.39 is 11.8 Å². The first-order valence-corrected chi connectivity index (χ1v) is 10.7. The summed E-state index contributed by atoms with van der Waals surface area (Å²) in [6.45, 7) is 0. The fourth-order valence-electron chi connectivity index (χ4n) is 4.38. The Morgan fingerprint density at radius 3 is 1.77 bits per heavy atom. The highest BCUT2D eigenvalue weighted by Crippen LogP contribution is 2.40. The van der Waals surface area contributed by atoms with Gasteiger partial charge < -0.3 is 0 Å². The lowest BCUT2D eigenvalue weighted by atomic mass is 9.76. The summed E-state index contributed by atoms with van der Waals surface area (Å²) in [6.07, 6.45) is 4.70.